The third-order valence-electron chi connectivity index (χ3n) is 6.16. The van der Waals surface area contributed by atoms with Crippen LogP contribution in [-0.2, 0) is 18.4 Å². The predicted octanol–water partition coefficient (Wildman–Crippen LogP) is 4.04. The lowest BCUT2D eigenvalue weighted by Gasteiger charge is -2.15. The third-order valence-corrected chi connectivity index (χ3v) is 6.16. The maximum atomic E-state index is 13.7. The fraction of sp³-hybridized carbons (Fsp3) is 0.360. The molecule has 1 unspecified atom stereocenters. The number of fused-ring (bicyclic) bond motifs is 2. The van der Waals surface area contributed by atoms with Gasteiger partial charge in [0.25, 0.3) is 0 Å². The van der Waals surface area contributed by atoms with Gasteiger partial charge in [-0.2, -0.15) is 5.26 Å². The van der Waals surface area contributed by atoms with Gasteiger partial charge in [0.05, 0.1) is 24.5 Å². The number of benzene rings is 1. The number of aliphatic carboxylic acids is 1. The van der Waals surface area contributed by atoms with Gasteiger partial charge in [-0.25, -0.2) is 9.78 Å². The minimum atomic E-state index is -0.974. The summed E-state index contributed by atoms with van der Waals surface area (Å²) in [7, 11) is 1.99. The summed E-state index contributed by atoms with van der Waals surface area (Å²) < 4.78 is 5.17. The lowest BCUT2D eigenvalue weighted by Crippen LogP contribution is -2.29. The van der Waals surface area contributed by atoms with Crippen LogP contribution in [0.25, 0.3) is 22.1 Å². The molecule has 0 aliphatic heterocycles. The molecule has 0 aliphatic carbocycles. The Hall–Kier alpha value is -3.86. The molecule has 3 heterocycles. The number of nitriles is 1. The van der Waals surface area contributed by atoms with Gasteiger partial charge in [-0.1, -0.05) is 19.4 Å². The first kappa shape index (κ1) is 22.3. The zero-order valence-electron chi connectivity index (χ0n) is 19.3. The number of imidazole rings is 1. The zero-order chi connectivity index (χ0) is 23.9. The van der Waals surface area contributed by atoms with Crippen LogP contribution in [0.3, 0.4) is 0 Å². The highest BCUT2D eigenvalue weighted by Crippen LogP contribution is 2.28. The molecule has 3 aromatic heterocycles. The van der Waals surface area contributed by atoms with E-state index in [9.17, 15) is 20.0 Å². The van der Waals surface area contributed by atoms with E-state index >= 15 is 0 Å². The van der Waals surface area contributed by atoms with Gasteiger partial charge in [-0.05, 0) is 55.2 Å². The molecule has 0 amide bonds. The van der Waals surface area contributed by atoms with E-state index in [2.05, 4.69) is 35.5 Å². The van der Waals surface area contributed by atoms with Crippen molar-refractivity contribution < 1.29 is 9.90 Å². The van der Waals surface area contributed by atoms with Crippen molar-refractivity contribution >= 4 is 28.0 Å². The van der Waals surface area contributed by atoms with E-state index in [1.54, 1.807) is 16.7 Å². The van der Waals surface area contributed by atoms with Crippen LogP contribution in [0.5, 0.6) is 0 Å². The molecule has 1 N–H and O–H groups in total. The van der Waals surface area contributed by atoms with Crippen LogP contribution in [-0.4, -0.2) is 29.8 Å². The van der Waals surface area contributed by atoms with Crippen molar-refractivity contribution in [2.24, 2.45) is 7.05 Å². The molecule has 170 valence electrons. The normalized spacial score (nSPS) is 12.3. The average molecular weight is 446 g/mol. The maximum absolute atomic E-state index is 13.7. The fourth-order valence-corrected chi connectivity index (χ4v) is 4.85. The number of hydrogen-bond acceptors (Lipinski definition) is 4. The number of pyridine rings is 1. The Kier molecular flexibility index (Phi) is 5.81. The Morgan fingerprint density at radius 3 is 2.67 bits per heavy atom. The molecule has 4 aromatic rings. The summed E-state index contributed by atoms with van der Waals surface area (Å²) in [4.78, 5) is 29.6. The number of hydrogen-bond donors (Lipinski definition) is 1. The molecule has 0 aliphatic rings. The first-order valence-corrected chi connectivity index (χ1v) is 11.0. The molecule has 0 spiro atoms. The molecule has 0 bridgehead atoms. The zero-order valence-corrected chi connectivity index (χ0v) is 19.3. The van der Waals surface area contributed by atoms with Crippen LogP contribution in [0.1, 0.15) is 54.6 Å². The van der Waals surface area contributed by atoms with E-state index in [1.165, 1.54) is 10.1 Å². The number of rotatable bonds is 7. The number of carboxylic acid groups (broad SMARTS) is 1. The van der Waals surface area contributed by atoms with Gasteiger partial charge in [-0.15, -0.1) is 0 Å². The summed E-state index contributed by atoms with van der Waals surface area (Å²) in [5.41, 5.74) is 5.23. The summed E-state index contributed by atoms with van der Waals surface area (Å²) in [5.74, 6) is -0.974. The van der Waals surface area contributed by atoms with E-state index in [0.29, 0.717) is 24.1 Å². The number of aryl methyl sites for hydroxylation is 3. The highest BCUT2D eigenvalue weighted by atomic mass is 16.4. The molecular weight excluding hydrogens is 418 g/mol. The van der Waals surface area contributed by atoms with Gasteiger partial charge in [-0.3, -0.25) is 13.9 Å². The number of aromatic nitrogens is 4. The molecule has 8 heteroatoms. The van der Waals surface area contributed by atoms with Gasteiger partial charge >= 0.3 is 11.7 Å². The molecule has 1 aromatic carbocycles. The monoisotopic (exact) mass is 445 g/mol. The van der Waals surface area contributed by atoms with E-state index in [1.807, 2.05) is 26.2 Å². The quantitative estimate of drug-likeness (QED) is 0.462. The highest BCUT2D eigenvalue weighted by Gasteiger charge is 2.24. The van der Waals surface area contributed by atoms with Gasteiger partial charge in [0.15, 0.2) is 5.65 Å². The van der Waals surface area contributed by atoms with E-state index in [0.717, 1.165) is 28.5 Å². The number of carboxylic acids is 1. The van der Waals surface area contributed by atoms with Gasteiger partial charge in [0.2, 0.25) is 0 Å². The minimum Gasteiger partial charge on any atom is -0.481 e. The van der Waals surface area contributed by atoms with Crippen molar-refractivity contribution in [2.75, 3.05) is 0 Å². The summed E-state index contributed by atoms with van der Waals surface area (Å²) in [5, 5.41) is 19.9. The smallest absolute Gasteiger partial charge is 0.330 e. The van der Waals surface area contributed by atoms with E-state index in [4.69, 9.17) is 0 Å². The Balaban J connectivity index is 1.95. The first-order chi connectivity index (χ1) is 15.7. The molecule has 0 saturated carbocycles. The van der Waals surface area contributed by atoms with Crippen LogP contribution < -0.4 is 5.69 Å². The predicted molar refractivity (Wildman–Crippen MR) is 126 cm³/mol. The maximum Gasteiger partial charge on any atom is 0.330 e. The van der Waals surface area contributed by atoms with Crippen molar-refractivity contribution in [1.82, 2.24) is 18.7 Å². The fourth-order valence-electron chi connectivity index (χ4n) is 4.85. The molecule has 0 saturated heterocycles. The van der Waals surface area contributed by atoms with Crippen LogP contribution in [0, 0.1) is 25.2 Å². The molecule has 4 rings (SSSR count). The average Bonchev–Trinajstić information content (AvgIpc) is 3.21. The van der Waals surface area contributed by atoms with Gasteiger partial charge < -0.3 is 9.67 Å². The number of nitrogens with zero attached hydrogens (tertiary/aromatic N) is 5. The Bertz CT molecular complexity index is 1480. The molecule has 0 fully saturated rings. The summed E-state index contributed by atoms with van der Waals surface area (Å²) >= 11 is 0. The van der Waals surface area contributed by atoms with Gasteiger partial charge in [0, 0.05) is 24.1 Å². The van der Waals surface area contributed by atoms with Crippen molar-refractivity contribution in [3.05, 3.63) is 63.3 Å². The Morgan fingerprint density at radius 1 is 1.24 bits per heavy atom. The summed E-state index contributed by atoms with van der Waals surface area (Å²) in [6.07, 6.45) is 3.09. The Labute approximate surface area is 191 Å². The van der Waals surface area contributed by atoms with Crippen LogP contribution in [0.2, 0.25) is 0 Å². The van der Waals surface area contributed by atoms with Crippen LogP contribution in [0.4, 0.5) is 0 Å². The lowest BCUT2D eigenvalue weighted by molar-refractivity contribution is -0.137. The second-order valence-corrected chi connectivity index (χ2v) is 8.67. The van der Waals surface area contributed by atoms with E-state index < -0.39 is 12.0 Å². The largest absolute Gasteiger partial charge is 0.481 e. The van der Waals surface area contributed by atoms with Crippen molar-refractivity contribution in [1.29, 1.82) is 5.26 Å². The lowest BCUT2D eigenvalue weighted by atomic mass is 10.0. The Morgan fingerprint density at radius 2 is 2.00 bits per heavy atom. The van der Waals surface area contributed by atoms with Crippen molar-refractivity contribution in [3.63, 3.8) is 0 Å². The summed E-state index contributed by atoms with van der Waals surface area (Å²) in [6.45, 7) is 6.40. The molecule has 8 nitrogen and oxygen atoms in total. The minimum absolute atomic E-state index is 0.183. The van der Waals surface area contributed by atoms with Gasteiger partial charge in [0.1, 0.15) is 11.8 Å². The molecule has 1 atom stereocenters. The van der Waals surface area contributed by atoms with Crippen LogP contribution in [0.15, 0.2) is 35.3 Å². The van der Waals surface area contributed by atoms with Crippen molar-refractivity contribution in [2.45, 2.75) is 52.6 Å². The first-order valence-electron chi connectivity index (χ1n) is 11.0. The molecule has 33 heavy (non-hydrogen) atoms. The highest BCUT2D eigenvalue weighted by molar-refractivity contribution is 5.88. The topological polar surface area (TPSA) is 106 Å². The van der Waals surface area contributed by atoms with E-state index in [-0.39, 0.29) is 17.8 Å². The van der Waals surface area contributed by atoms with Crippen LogP contribution >= 0.6 is 0 Å². The summed E-state index contributed by atoms with van der Waals surface area (Å²) in [6, 6.07) is 9.05. The molecule has 0 radical (unpaired) electrons. The third kappa shape index (κ3) is 3.91. The standard InChI is InChI=1S/C25H27N5O3/c1-5-6-19(11-22(31)32)30-24-20(8-7-18(12-26)27-24)29(25(30)33)14-17-13-28(4)21-10-15(2)9-16(3)23(17)21/h7-10,13,19H,5-6,11,14H2,1-4H3,(H,31,32). The number of carbonyl (C=O) groups is 1. The molecular formula is C25H27N5O3. The second kappa shape index (κ2) is 8.58. The SMILES string of the molecule is CCCC(CC(=O)O)n1c(=O)n(Cc2cn(C)c3cc(C)cc(C)c23)c2ccc(C#N)nc21. The second-order valence-electron chi connectivity index (χ2n) is 8.67. The van der Waals surface area contributed by atoms with Crippen molar-refractivity contribution in [3.8, 4) is 6.07 Å².